The van der Waals surface area contributed by atoms with E-state index in [9.17, 15) is 4.79 Å². The lowest BCUT2D eigenvalue weighted by Crippen LogP contribution is -2.33. The average molecular weight is 402 g/mol. The zero-order valence-electron chi connectivity index (χ0n) is 11.1. The second kappa shape index (κ2) is 7.70. The highest BCUT2D eigenvalue weighted by Gasteiger charge is 2.17. The fourth-order valence-electron chi connectivity index (χ4n) is 1.75. The van der Waals surface area contributed by atoms with E-state index in [0.29, 0.717) is 19.7 Å². The minimum atomic E-state index is 0.0202. The van der Waals surface area contributed by atoms with Crippen LogP contribution < -0.4 is 0 Å². The molecular formula is C14H15IN2O2S. The van der Waals surface area contributed by atoms with Crippen LogP contribution in [0.3, 0.4) is 0 Å². The molecule has 0 atom stereocenters. The third-order valence-corrected chi connectivity index (χ3v) is 4.53. The Kier molecular flexibility index (Phi) is 5.93. The van der Waals surface area contributed by atoms with Gasteiger partial charge in [-0.1, -0.05) is 6.07 Å². The Morgan fingerprint density at radius 3 is 2.95 bits per heavy atom. The van der Waals surface area contributed by atoms with Crippen LogP contribution in [0, 0.1) is 2.88 Å². The number of thiophene rings is 1. The average Bonchev–Trinajstić information content (AvgIpc) is 2.90. The highest BCUT2D eigenvalue weighted by molar-refractivity contribution is 14.1. The number of rotatable bonds is 6. The van der Waals surface area contributed by atoms with E-state index in [0.717, 1.165) is 14.1 Å². The van der Waals surface area contributed by atoms with E-state index in [2.05, 4.69) is 27.6 Å². The number of hydrogen-bond acceptors (Lipinski definition) is 4. The molecule has 0 spiro atoms. The van der Waals surface area contributed by atoms with Gasteiger partial charge in [0.25, 0.3) is 5.91 Å². The largest absolute Gasteiger partial charge is 0.383 e. The molecule has 0 aromatic carbocycles. The number of ether oxygens (including phenoxy) is 1. The lowest BCUT2D eigenvalue weighted by Gasteiger charge is -2.21. The van der Waals surface area contributed by atoms with Crippen LogP contribution in [0.15, 0.2) is 35.8 Å². The molecule has 0 aliphatic heterocycles. The second-order valence-corrected chi connectivity index (χ2v) is 6.99. The highest BCUT2D eigenvalue weighted by Crippen LogP contribution is 2.18. The summed E-state index contributed by atoms with van der Waals surface area (Å²) in [6.07, 6.45) is 1.74. The molecule has 2 heterocycles. The molecule has 20 heavy (non-hydrogen) atoms. The van der Waals surface area contributed by atoms with Crippen molar-refractivity contribution in [2.45, 2.75) is 6.54 Å². The van der Waals surface area contributed by atoms with Gasteiger partial charge in [0, 0.05) is 25.2 Å². The third-order valence-electron chi connectivity index (χ3n) is 2.75. The Morgan fingerprint density at radius 1 is 1.50 bits per heavy atom. The van der Waals surface area contributed by atoms with Crippen molar-refractivity contribution in [2.75, 3.05) is 20.3 Å². The van der Waals surface area contributed by atoms with Crippen molar-refractivity contribution in [1.29, 1.82) is 0 Å². The standard InChI is InChI=1S/C14H15IN2O2S/c1-19-7-6-17(9-12-4-2-3-5-16-12)14(18)11-8-13(15)20-10-11/h2-5,8,10H,6-7,9H2,1H3. The molecule has 1 amide bonds. The molecule has 0 saturated heterocycles. The van der Waals surface area contributed by atoms with Gasteiger partial charge in [0.1, 0.15) is 0 Å². The van der Waals surface area contributed by atoms with Crippen molar-refractivity contribution in [3.63, 3.8) is 0 Å². The van der Waals surface area contributed by atoms with Crippen LogP contribution in [-0.4, -0.2) is 36.1 Å². The predicted molar refractivity (Wildman–Crippen MR) is 87.9 cm³/mol. The smallest absolute Gasteiger partial charge is 0.255 e. The van der Waals surface area contributed by atoms with E-state index >= 15 is 0 Å². The van der Waals surface area contributed by atoms with Gasteiger partial charge in [0.2, 0.25) is 0 Å². The summed E-state index contributed by atoms with van der Waals surface area (Å²) in [4.78, 5) is 18.6. The Hall–Kier alpha value is -0.990. The maximum absolute atomic E-state index is 12.5. The molecule has 0 unspecified atom stereocenters. The van der Waals surface area contributed by atoms with Crippen molar-refractivity contribution in [2.24, 2.45) is 0 Å². The Bertz CT molecular complexity index is 559. The molecule has 0 saturated carbocycles. The molecule has 4 nitrogen and oxygen atoms in total. The summed E-state index contributed by atoms with van der Waals surface area (Å²) in [5, 5.41) is 1.89. The van der Waals surface area contributed by atoms with E-state index in [-0.39, 0.29) is 5.91 Å². The first-order valence-corrected chi connectivity index (χ1v) is 8.08. The number of halogens is 1. The summed E-state index contributed by atoms with van der Waals surface area (Å²) in [5.74, 6) is 0.0202. The first kappa shape index (κ1) is 15.4. The fraction of sp³-hybridized carbons (Fsp3) is 0.286. The predicted octanol–water partition coefficient (Wildman–Crippen LogP) is 3.04. The molecule has 0 aliphatic carbocycles. The molecule has 0 bridgehead atoms. The van der Waals surface area contributed by atoms with Crippen LogP contribution in [0.2, 0.25) is 0 Å². The molecule has 0 fully saturated rings. The van der Waals surface area contributed by atoms with Crippen molar-refractivity contribution < 1.29 is 9.53 Å². The van der Waals surface area contributed by atoms with Crippen molar-refractivity contribution in [3.8, 4) is 0 Å². The summed E-state index contributed by atoms with van der Waals surface area (Å²) in [5.41, 5.74) is 1.60. The monoisotopic (exact) mass is 402 g/mol. The van der Waals surface area contributed by atoms with E-state index in [1.165, 1.54) is 0 Å². The van der Waals surface area contributed by atoms with Crippen molar-refractivity contribution in [3.05, 3.63) is 50.0 Å². The molecular weight excluding hydrogens is 387 g/mol. The van der Waals surface area contributed by atoms with E-state index < -0.39 is 0 Å². The normalized spacial score (nSPS) is 10.5. The number of nitrogens with zero attached hydrogens (tertiary/aromatic N) is 2. The van der Waals surface area contributed by atoms with Gasteiger partial charge < -0.3 is 9.64 Å². The number of pyridine rings is 1. The van der Waals surface area contributed by atoms with Gasteiger partial charge in [-0.15, -0.1) is 11.3 Å². The molecule has 106 valence electrons. The summed E-state index contributed by atoms with van der Waals surface area (Å²) in [6, 6.07) is 7.62. The van der Waals surface area contributed by atoms with E-state index in [1.54, 1.807) is 29.5 Å². The van der Waals surface area contributed by atoms with Crippen LogP contribution in [0.25, 0.3) is 0 Å². The minimum Gasteiger partial charge on any atom is -0.383 e. The number of methoxy groups -OCH3 is 1. The lowest BCUT2D eigenvalue weighted by atomic mass is 10.2. The van der Waals surface area contributed by atoms with Gasteiger partial charge in [-0.2, -0.15) is 0 Å². The van der Waals surface area contributed by atoms with E-state index in [1.807, 2.05) is 29.6 Å². The Balaban J connectivity index is 2.12. The third kappa shape index (κ3) is 4.26. The SMILES string of the molecule is COCCN(Cc1ccccn1)C(=O)c1csc(I)c1. The van der Waals surface area contributed by atoms with Crippen molar-refractivity contribution in [1.82, 2.24) is 9.88 Å². The zero-order valence-corrected chi connectivity index (χ0v) is 14.1. The first-order valence-electron chi connectivity index (χ1n) is 6.13. The minimum absolute atomic E-state index is 0.0202. The Labute approximate surface area is 135 Å². The summed E-state index contributed by atoms with van der Waals surface area (Å²) >= 11 is 3.79. The molecule has 0 aliphatic rings. The molecule has 2 aromatic heterocycles. The topological polar surface area (TPSA) is 42.4 Å². The van der Waals surface area contributed by atoms with E-state index in [4.69, 9.17) is 4.74 Å². The number of hydrogen-bond donors (Lipinski definition) is 0. The van der Waals surface area contributed by atoms with Gasteiger partial charge >= 0.3 is 0 Å². The maximum atomic E-state index is 12.5. The quantitative estimate of drug-likeness (QED) is 0.698. The summed E-state index contributed by atoms with van der Waals surface area (Å²) in [7, 11) is 1.64. The van der Waals surface area contributed by atoms with Crippen LogP contribution in [0.5, 0.6) is 0 Å². The second-order valence-electron chi connectivity index (χ2n) is 4.18. The molecule has 6 heteroatoms. The Morgan fingerprint density at radius 2 is 2.35 bits per heavy atom. The lowest BCUT2D eigenvalue weighted by molar-refractivity contribution is 0.0678. The molecule has 2 rings (SSSR count). The van der Waals surface area contributed by atoms with Crippen LogP contribution in [0.4, 0.5) is 0 Å². The van der Waals surface area contributed by atoms with Gasteiger partial charge in [0.15, 0.2) is 0 Å². The van der Waals surface area contributed by atoms with Gasteiger partial charge in [-0.25, -0.2) is 0 Å². The number of carbonyl (C=O) groups is 1. The zero-order chi connectivity index (χ0) is 14.4. The molecule has 0 N–H and O–H groups in total. The number of aromatic nitrogens is 1. The number of amides is 1. The van der Waals surface area contributed by atoms with Crippen LogP contribution >= 0.6 is 33.9 Å². The summed E-state index contributed by atoms with van der Waals surface area (Å²) < 4.78 is 6.20. The van der Waals surface area contributed by atoms with Gasteiger partial charge in [-0.05, 0) is 40.8 Å². The summed E-state index contributed by atoms with van der Waals surface area (Å²) in [6.45, 7) is 1.56. The van der Waals surface area contributed by atoms with Gasteiger partial charge in [-0.3, -0.25) is 9.78 Å². The molecule has 2 aromatic rings. The van der Waals surface area contributed by atoms with Gasteiger partial charge in [0.05, 0.1) is 27.3 Å². The van der Waals surface area contributed by atoms with Crippen LogP contribution in [0.1, 0.15) is 16.1 Å². The highest BCUT2D eigenvalue weighted by atomic mass is 127. The van der Waals surface area contributed by atoms with Crippen LogP contribution in [-0.2, 0) is 11.3 Å². The maximum Gasteiger partial charge on any atom is 0.255 e. The first-order chi connectivity index (χ1) is 9.70. The molecule has 0 radical (unpaired) electrons. The van der Waals surface area contributed by atoms with Crippen molar-refractivity contribution >= 4 is 39.8 Å². The number of carbonyl (C=O) groups excluding carboxylic acids is 1. The fourth-order valence-corrected chi connectivity index (χ4v) is 3.07.